The Morgan fingerprint density at radius 3 is 2.15 bits per heavy atom. The number of methoxy groups -OCH3 is 1. The highest BCUT2D eigenvalue weighted by atomic mass is 16.5. The molecule has 0 atom stereocenters. The van der Waals surface area contributed by atoms with Crippen molar-refractivity contribution in [2.45, 2.75) is 19.9 Å². The first-order valence-electron chi connectivity index (χ1n) is 8.13. The summed E-state index contributed by atoms with van der Waals surface area (Å²) >= 11 is 0. The number of hydrogen-bond donors (Lipinski definition) is 1. The topological polar surface area (TPSA) is 81.7 Å². The van der Waals surface area contributed by atoms with Gasteiger partial charge in [-0.1, -0.05) is 42.0 Å². The van der Waals surface area contributed by atoms with Gasteiger partial charge in [-0.25, -0.2) is 4.79 Å². The summed E-state index contributed by atoms with van der Waals surface area (Å²) in [5.41, 5.74) is 3.21. The van der Waals surface area contributed by atoms with Crippen LogP contribution in [0.4, 0.5) is 0 Å². The lowest BCUT2D eigenvalue weighted by atomic mass is 10.1. The van der Waals surface area contributed by atoms with E-state index in [9.17, 15) is 14.4 Å². The SMILES string of the molecule is COC(=O)c1ccc(CNC(=O)COC(=O)Cc2ccc(C)cc2)cc1. The van der Waals surface area contributed by atoms with E-state index < -0.39 is 11.9 Å². The number of esters is 2. The molecule has 0 saturated carbocycles. The van der Waals surface area contributed by atoms with E-state index >= 15 is 0 Å². The highest BCUT2D eigenvalue weighted by Crippen LogP contribution is 2.06. The smallest absolute Gasteiger partial charge is 0.337 e. The number of ether oxygens (including phenoxy) is 2. The van der Waals surface area contributed by atoms with E-state index in [0.29, 0.717) is 5.56 Å². The van der Waals surface area contributed by atoms with Gasteiger partial charge in [0.1, 0.15) is 0 Å². The third-order valence-electron chi connectivity index (χ3n) is 3.70. The van der Waals surface area contributed by atoms with Gasteiger partial charge in [0.2, 0.25) is 0 Å². The number of aryl methyl sites for hydroxylation is 1. The molecule has 26 heavy (non-hydrogen) atoms. The summed E-state index contributed by atoms with van der Waals surface area (Å²) in [6, 6.07) is 14.2. The van der Waals surface area contributed by atoms with E-state index in [1.807, 2.05) is 31.2 Å². The molecule has 0 unspecified atom stereocenters. The second-order valence-electron chi connectivity index (χ2n) is 5.79. The van der Waals surface area contributed by atoms with E-state index in [4.69, 9.17) is 4.74 Å². The molecule has 2 aromatic carbocycles. The predicted molar refractivity (Wildman–Crippen MR) is 95.5 cm³/mol. The second kappa shape index (κ2) is 9.36. The number of rotatable bonds is 7. The van der Waals surface area contributed by atoms with Gasteiger partial charge in [0.25, 0.3) is 5.91 Å². The molecule has 2 rings (SSSR count). The van der Waals surface area contributed by atoms with Gasteiger partial charge < -0.3 is 14.8 Å². The van der Waals surface area contributed by atoms with Crippen molar-refractivity contribution < 1.29 is 23.9 Å². The molecule has 0 fully saturated rings. The Morgan fingerprint density at radius 2 is 1.54 bits per heavy atom. The lowest BCUT2D eigenvalue weighted by Gasteiger charge is -2.07. The monoisotopic (exact) mass is 355 g/mol. The first kappa shape index (κ1) is 19.2. The summed E-state index contributed by atoms with van der Waals surface area (Å²) < 4.78 is 9.60. The van der Waals surface area contributed by atoms with Crippen LogP contribution in [0.3, 0.4) is 0 Å². The Bertz CT molecular complexity index is 766. The van der Waals surface area contributed by atoms with Crippen LogP contribution in [-0.4, -0.2) is 31.6 Å². The maximum atomic E-state index is 11.8. The number of nitrogens with one attached hydrogen (secondary N) is 1. The largest absolute Gasteiger partial charge is 0.465 e. The van der Waals surface area contributed by atoms with Crippen molar-refractivity contribution in [2.75, 3.05) is 13.7 Å². The summed E-state index contributed by atoms with van der Waals surface area (Å²) in [6.45, 7) is 1.91. The minimum atomic E-state index is -0.452. The van der Waals surface area contributed by atoms with Crippen LogP contribution in [0, 0.1) is 6.92 Å². The molecule has 0 saturated heterocycles. The van der Waals surface area contributed by atoms with Crippen LogP contribution < -0.4 is 5.32 Å². The molecule has 136 valence electrons. The van der Waals surface area contributed by atoms with Gasteiger partial charge in [-0.15, -0.1) is 0 Å². The molecule has 2 aromatic rings. The molecule has 6 heteroatoms. The van der Waals surface area contributed by atoms with E-state index in [0.717, 1.165) is 16.7 Å². The van der Waals surface area contributed by atoms with E-state index in [1.165, 1.54) is 7.11 Å². The molecular formula is C20H21NO5. The number of carbonyl (C=O) groups is 3. The molecule has 0 aliphatic rings. The van der Waals surface area contributed by atoms with E-state index in [1.54, 1.807) is 24.3 Å². The van der Waals surface area contributed by atoms with Crippen molar-refractivity contribution in [3.05, 3.63) is 70.8 Å². The average molecular weight is 355 g/mol. The van der Waals surface area contributed by atoms with Crippen molar-refractivity contribution in [2.24, 2.45) is 0 Å². The Hall–Kier alpha value is -3.15. The molecule has 0 heterocycles. The normalized spacial score (nSPS) is 10.1. The molecule has 0 bridgehead atoms. The lowest BCUT2D eigenvalue weighted by molar-refractivity contribution is -0.147. The zero-order valence-corrected chi connectivity index (χ0v) is 14.8. The van der Waals surface area contributed by atoms with Crippen LogP contribution in [-0.2, 0) is 32.0 Å². The van der Waals surface area contributed by atoms with Gasteiger partial charge in [-0.3, -0.25) is 9.59 Å². The highest BCUT2D eigenvalue weighted by molar-refractivity contribution is 5.89. The van der Waals surface area contributed by atoms with E-state index in [2.05, 4.69) is 10.1 Å². The molecule has 1 amide bonds. The fourth-order valence-corrected chi connectivity index (χ4v) is 2.20. The van der Waals surface area contributed by atoms with Crippen LogP contribution in [0.15, 0.2) is 48.5 Å². The van der Waals surface area contributed by atoms with Gasteiger partial charge in [-0.2, -0.15) is 0 Å². The van der Waals surface area contributed by atoms with Crippen molar-refractivity contribution >= 4 is 17.8 Å². The fraction of sp³-hybridized carbons (Fsp3) is 0.250. The maximum Gasteiger partial charge on any atom is 0.337 e. The van der Waals surface area contributed by atoms with Gasteiger partial charge in [0.05, 0.1) is 19.1 Å². The maximum absolute atomic E-state index is 11.8. The first-order valence-corrected chi connectivity index (χ1v) is 8.13. The Kier molecular flexibility index (Phi) is 6.91. The molecule has 0 radical (unpaired) electrons. The van der Waals surface area contributed by atoms with Crippen molar-refractivity contribution in [1.82, 2.24) is 5.32 Å². The van der Waals surface area contributed by atoms with E-state index in [-0.39, 0.29) is 25.5 Å². The van der Waals surface area contributed by atoms with Crippen LogP contribution >= 0.6 is 0 Å². The average Bonchev–Trinajstić information content (AvgIpc) is 2.66. The standard InChI is InChI=1S/C20H21NO5/c1-14-3-5-15(6-4-14)11-19(23)26-13-18(22)21-12-16-7-9-17(10-8-16)20(24)25-2/h3-10H,11-13H2,1-2H3,(H,21,22). The molecule has 0 aliphatic heterocycles. The summed E-state index contributed by atoms with van der Waals surface area (Å²) in [4.78, 5) is 34.9. The van der Waals surface area contributed by atoms with Gasteiger partial charge in [0, 0.05) is 6.54 Å². The van der Waals surface area contributed by atoms with Crippen LogP contribution in [0.2, 0.25) is 0 Å². The minimum Gasteiger partial charge on any atom is -0.465 e. The van der Waals surface area contributed by atoms with Crippen molar-refractivity contribution in [3.8, 4) is 0 Å². The van der Waals surface area contributed by atoms with Crippen LogP contribution in [0.1, 0.15) is 27.0 Å². The van der Waals surface area contributed by atoms with Crippen molar-refractivity contribution in [1.29, 1.82) is 0 Å². The summed E-state index contributed by atoms with van der Waals surface area (Å²) in [7, 11) is 1.32. The Balaban J connectivity index is 1.72. The van der Waals surface area contributed by atoms with Crippen LogP contribution in [0.5, 0.6) is 0 Å². The Labute approximate surface area is 152 Å². The fourth-order valence-electron chi connectivity index (χ4n) is 2.20. The number of benzene rings is 2. The van der Waals surface area contributed by atoms with Gasteiger partial charge in [0.15, 0.2) is 6.61 Å². The first-order chi connectivity index (χ1) is 12.5. The lowest BCUT2D eigenvalue weighted by Crippen LogP contribution is -2.28. The third-order valence-corrected chi connectivity index (χ3v) is 3.70. The van der Waals surface area contributed by atoms with Gasteiger partial charge >= 0.3 is 11.9 Å². The number of amides is 1. The predicted octanol–water partition coefficient (Wildman–Crippen LogP) is 2.18. The van der Waals surface area contributed by atoms with Gasteiger partial charge in [-0.05, 0) is 30.2 Å². The zero-order chi connectivity index (χ0) is 18.9. The van der Waals surface area contributed by atoms with Crippen molar-refractivity contribution in [3.63, 3.8) is 0 Å². The third kappa shape index (κ3) is 6.05. The molecule has 6 nitrogen and oxygen atoms in total. The number of hydrogen-bond acceptors (Lipinski definition) is 5. The Morgan fingerprint density at radius 1 is 0.923 bits per heavy atom. The second-order valence-corrected chi connectivity index (χ2v) is 5.79. The molecule has 0 aliphatic carbocycles. The molecular weight excluding hydrogens is 334 g/mol. The minimum absolute atomic E-state index is 0.128. The summed E-state index contributed by atoms with van der Waals surface area (Å²) in [5.74, 6) is -1.26. The molecule has 1 N–H and O–H groups in total. The quantitative estimate of drug-likeness (QED) is 0.770. The zero-order valence-electron chi connectivity index (χ0n) is 14.8. The van der Waals surface area contributed by atoms with Crippen LogP contribution in [0.25, 0.3) is 0 Å². The molecule has 0 spiro atoms. The number of carbonyl (C=O) groups excluding carboxylic acids is 3. The summed E-state index contributed by atoms with van der Waals surface area (Å²) in [6.07, 6.45) is 0.128. The summed E-state index contributed by atoms with van der Waals surface area (Å²) in [5, 5.41) is 2.66. The molecule has 0 aromatic heterocycles. The highest BCUT2D eigenvalue weighted by Gasteiger charge is 2.09.